The van der Waals surface area contributed by atoms with Crippen molar-refractivity contribution in [3.8, 4) is 11.8 Å². The summed E-state index contributed by atoms with van der Waals surface area (Å²) >= 11 is 0. The first-order valence-electron chi connectivity index (χ1n) is 5.47. The second kappa shape index (κ2) is 5.19. The number of hydrogen-bond donors (Lipinski definition) is 0. The number of ether oxygens (including phenoxy) is 1. The van der Waals surface area contributed by atoms with E-state index < -0.39 is 0 Å². The number of rotatable bonds is 4. The lowest BCUT2D eigenvalue weighted by Gasteiger charge is -2.04. The minimum Gasteiger partial charge on any atom is -0.485 e. The summed E-state index contributed by atoms with van der Waals surface area (Å²) in [7, 11) is 1.86. The van der Waals surface area contributed by atoms with Crippen molar-refractivity contribution in [2.75, 3.05) is 6.61 Å². The molecule has 0 aliphatic heterocycles. The Bertz CT molecular complexity index is 591. The fourth-order valence-corrected chi connectivity index (χ4v) is 1.53. The Balaban J connectivity index is 1.95. The number of nitriles is 1. The molecule has 1 aromatic heterocycles. The quantitative estimate of drug-likeness (QED) is 0.769. The van der Waals surface area contributed by atoms with Crippen LogP contribution in [0.1, 0.15) is 15.9 Å². The Morgan fingerprint density at radius 3 is 2.61 bits per heavy atom. The Morgan fingerprint density at radius 1 is 1.33 bits per heavy atom. The first-order chi connectivity index (χ1) is 8.69. The van der Waals surface area contributed by atoms with Gasteiger partial charge in [-0.15, -0.1) is 0 Å². The molecule has 0 N–H and O–H groups in total. The number of aryl methyl sites for hydroxylation is 1. The van der Waals surface area contributed by atoms with Crippen molar-refractivity contribution in [1.29, 1.82) is 5.26 Å². The average Bonchev–Trinajstić information content (AvgIpc) is 2.83. The van der Waals surface area contributed by atoms with E-state index in [1.54, 1.807) is 36.5 Å². The van der Waals surface area contributed by atoms with E-state index in [0.717, 1.165) is 0 Å². The van der Waals surface area contributed by atoms with Crippen LogP contribution < -0.4 is 4.74 Å². The van der Waals surface area contributed by atoms with Crippen LogP contribution in [-0.4, -0.2) is 17.0 Å². The molecule has 1 heterocycles. The van der Waals surface area contributed by atoms with E-state index in [1.165, 1.54) is 0 Å². The van der Waals surface area contributed by atoms with Gasteiger partial charge in [-0.2, -0.15) is 5.26 Å². The molecule has 0 atom stereocenters. The van der Waals surface area contributed by atoms with Crippen molar-refractivity contribution in [3.63, 3.8) is 0 Å². The van der Waals surface area contributed by atoms with E-state index in [4.69, 9.17) is 10.00 Å². The van der Waals surface area contributed by atoms with Gasteiger partial charge in [0.05, 0.1) is 11.6 Å². The number of hydrogen-bond acceptors (Lipinski definition) is 3. The lowest BCUT2D eigenvalue weighted by Crippen LogP contribution is -2.10. The second-order valence-corrected chi connectivity index (χ2v) is 3.91. The number of aromatic nitrogens is 1. The van der Waals surface area contributed by atoms with Gasteiger partial charge >= 0.3 is 0 Å². The van der Waals surface area contributed by atoms with Crippen LogP contribution in [0.3, 0.4) is 0 Å². The van der Waals surface area contributed by atoms with E-state index in [9.17, 15) is 4.79 Å². The molecule has 2 rings (SSSR count). The molecule has 0 amide bonds. The number of benzene rings is 1. The van der Waals surface area contributed by atoms with Crippen LogP contribution in [0, 0.1) is 11.3 Å². The van der Waals surface area contributed by atoms with Crippen LogP contribution in [-0.2, 0) is 7.05 Å². The number of carbonyl (C=O) groups excluding carboxylic acids is 1. The molecule has 0 aliphatic rings. The van der Waals surface area contributed by atoms with Gasteiger partial charge < -0.3 is 9.30 Å². The van der Waals surface area contributed by atoms with Crippen LogP contribution in [0.2, 0.25) is 0 Å². The summed E-state index contributed by atoms with van der Waals surface area (Å²) < 4.78 is 7.18. The largest absolute Gasteiger partial charge is 0.485 e. The molecule has 1 aromatic carbocycles. The normalized spacial score (nSPS) is 9.78. The Labute approximate surface area is 105 Å². The molecule has 0 saturated carbocycles. The highest BCUT2D eigenvalue weighted by Crippen LogP contribution is 2.12. The molecule has 18 heavy (non-hydrogen) atoms. The number of carbonyl (C=O) groups is 1. The van der Waals surface area contributed by atoms with Gasteiger partial charge in [0.15, 0.2) is 6.61 Å². The smallest absolute Gasteiger partial charge is 0.201 e. The fraction of sp³-hybridized carbons (Fsp3) is 0.143. The highest BCUT2D eigenvalue weighted by atomic mass is 16.5. The van der Waals surface area contributed by atoms with Crippen LogP contribution in [0.5, 0.6) is 5.75 Å². The molecular weight excluding hydrogens is 228 g/mol. The molecule has 0 spiro atoms. The molecule has 2 aromatic rings. The van der Waals surface area contributed by atoms with Crippen molar-refractivity contribution >= 4 is 5.78 Å². The maximum Gasteiger partial charge on any atom is 0.201 e. The van der Waals surface area contributed by atoms with E-state index in [0.29, 0.717) is 16.9 Å². The predicted molar refractivity (Wildman–Crippen MR) is 66.4 cm³/mol. The van der Waals surface area contributed by atoms with Gasteiger partial charge in [0, 0.05) is 25.0 Å². The van der Waals surface area contributed by atoms with Gasteiger partial charge in [-0.1, -0.05) is 0 Å². The van der Waals surface area contributed by atoms with Crippen LogP contribution in [0.4, 0.5) is 0 Å². The Kier molecular flexibility index (Phi) is 3.44. The van der Waals surface area contributed by atoms with E-state index >= 15 is 0 Å². The fourth-order valence-electron chi connectivity index (χ4n) is 1.53. The third-order valence-electron chi connectivity index (χ3n) is 2.51. The minimum atomic E-state index is -0.0695. The first kappa shape index (κ1) is 11.9. The van der Waals surface area contributed by atoms with Gasteiger partial charge in [-0.3, -0.25) is 4.79 Å². The van der Waals surface area contributed by atoms with Crippen molar-refractivity contribution in [2.45, 2.75) is 0 Å². The standard InChI is InChI=1S/C14H12N2O2/c1-16-7-6-12(9-16)14(17)10-18-13-4-2-11(8-15)3-5-13/h2-7,9H,10H2,1H3. The predicted octanol–water partition coefficient (Wildman–Crippen LogP) is 2.16. The van der Waals surface area contributed by atoms with Gasteiger partial charge in [-0.05, 0) is 30.3 Å². The molecular formula is C14H12N2O2. The van der Waals surface area contributed by atoms with Crippen LogP contribution in [0.15, 0.2) is 42.7 Å². The average molecular weight is 240 g/mol. The molecule has 0 saturated heterocycles. The zero-order valence-electron chi connectivity index (χ0n) is 9.96. The summed E-state index contributed by atoms with van der Waals surface area (Å²) in [6.45, 7) is -0.00405. The van der Waals surface area contributed by atoms with Gasteiger partial charge in [0.25, 0.3) is 0 Å². The third kappa shape index (κ3) is 2.77. The summed E-state index contributed by atoms with van der Waals surface area (Å²) in [5.74, 6) is 0.512. The zero-order valence-corrected chi connectivity index (χ0v) is 9.96. The summed E-state index contributed by atoms with van der Waals surface area (Å²) in [6.07, 6.45) is 3.57. The molecule has 0 unspecified atom stereocenters. The van der Waals surface area contributed by atoms with Crippen molar-refractivity contribution < 1.29 is 9.53 Å². The molecule has 4 nitrogen and oxygen atoms in total. The Hall–Kier alpha value is -2.54. The molecule has 0 radical (unpaired) electrons. The summed E-state index contributed by atoms with van der Waals surface area (Å²) in [5.41, 5.74) is 1.20. The van der Waals surface area contributed by atoms with E-state index in [-0.39, 0.29) is 12.4 Å². The lowest BCUT2D eigenvalue weighted by molar-refractivity contribution is 0.0921. The topological polar surface area (TPSA) is 55.0 Å². The van der Waals surface area contributed by atoms with Crippen LogP contribution >= 0.6 is 0 Å². The summed E-state index contributed by atoms with van der Waals surface area (Å²) in [5, 5.41) is 8.65. The van der Waals surface area contributed by atoms with Gasteiger partial charge in [0.1, 0.15) is 5.75 Å². The molecule has 0 aliphatic carbocycles. The zero-order chi connectivity index (χ0) is 13.0. The van der Waals surface area contributed by atoms with Gasteiger partial charge in [0.2, 0.25) is 5.78 Å². The monoisotopic (exact) mass is 240 g/mol. The molecule has 90 valence electrons. The van der Waals surface area contributed by atoms with Gasteiger partial charge in [-0.25, -0.2) is 0 Å². The SMILES string of the molecule is Cn1ccc(C(=O)COc2ccc(C#N)cc2)c1. The molecule has 0 bridgehead atoms. The van der Waals surface area contributed by atoms with Crippen molar-refractivity contribution in [2.24, 2.45) is 7.05 Å². The second-order valence-electron chi connectivity index (χ2n) is 3.91. The Morgan fingerprint density at radius 2 is 2.06 bits per heavy atom. The van der Waals surface area contributed by atoms with Crippen LogP contribution in [0.25, 0.3) is 0 Å². The minimum absolute atomic E-state index is 0.00405. The van der Waals surface area contributed by atoms with Crippen molar-refractivity contribution in [1.82, 2.24) is 4.57 Å². The lowest BCUT2D eigenvalue weighted by atomic mass is 10.2. The van der Waals surface area contributed by atoms with E-state index in [2.05, 4.69) is 0 Å². The summed E-state index contributed by atoms with van der Waals surface area (Å²) in [4.78, 5) is 11.8. The first-order valence-corrected chi connectivity index (χ1v) is 5.47. The maximum absolute atomic E-state index is 11.8. The maximum atomic E-state index is 11.8. The summed E-state index contributed by atoms with van der Waals surface area (Å²) in [6, 6.07) is 10.4. The molecule has 4 heteroatoms. The number of nitrogens with zero attached hydrogens (tertiary/aromatic N) is 2. The number of Topliss-reactive ketones (excluding diaryl/α,β-unsaturated/α-hetero) is 1. The highest BCUT2D eigenvalue weighted by Gasteiger charge is 2.07. The third-order valence-corrected chi connectivity index (χ3v) is 2.51. The van der Waals surface area contributed by atoms with Crippen molar-refractivity contribution in [3.05, 3.63) is 53.9 Å². The molecule has 0 fully saturated rings. The number of ketones is 1. The highest BCUT2D eigenvalue weighted by molar-refractivity contribution is 5.97. The van der Waals surface area contributed by atoms with E-state index in [1.807, 2.05) is 23.9 Å².